The van der Waals surface area contributed by atoms with Gasteiger partial charge in [-0.05, 0) is 12.1 Å². The lowest BCUT2D eigenvalue weighted by Gasteiger charge is -2.22. The number of ether oxygens (including phenoxy) is 1. The zero-order chi connectivity index (χ0) is 22.8. The molecule has 0 radical (unpaired) electrons. The number of alkyl halides is 1. The number of carbonyl (C=O) groups is 1. The highest BCUT2D eigenvalue weighted by atomic mass is 32.2. The molecule has 31 heavy (non-hydrogen) atoms. The first kappa shape index (κ1) is 23.1. The fraction of sp³-hybridized carbons (Fsp3) is 0.316. The monoisotopic (exact) mass is 462 g/mol. The molecule has 0 aromatic heterocycles. The Bertz CT molecular complexity index is 1070. The molecule has 0 spiro atoms. The van der Waals surface area contributed by atoms with E-state index in [2.05, 4.69) is 5.32 Å². The van der Waals surface area contributed by atoms with Gasteiger partial charge in [0.25, 0.3) is 5.91 Å². The summed E-state index contributed by atoms with van der Waals surface area (Å²) in [6.45, 7) is -1.55. The first-order chi connectivity index (χ1) is 14.6. The second kappa shape index (κ2) is 9.30. The van der Waals surface area contributed by atoms with Crippen LogP contribution in [0, 0.1) is 17.5 Å². The highest BCUT2D eigenvalue weighted by Gasteiger charge is 2.31. The summed E-state index contributed by atoms with van der Waals surface area (Å²) in [4.78, 5) is 12.0. The predicted molar refractivity (Wildman–Crippen MR) is 101 cm³/mol. The van der Waals surface area contributed by atoms with Crippen molar-refractivity contribution in [1.29, 1.82) is 0 Å². The zero-order valence-corrected chi connectivity index (χ0v) is 16.8. The molecular formula is C19H18F4N2O5S. The van der Waals surface area contributed by atoms with Crippen LogP contribution < -0.4 is 5.32 Å². The molecule has 0 aliphatic carbocycles. The van der Waals surface area contributed by atoms with E-state index in [0.717, 1.165) is 22.5 Å². The Kier molecular flexibility index (Phi) is 6.94. The number of amides is 1. The molecule has 2 N–H and O–H groups in total. The van der Waals surface area contributed by atoms with Crippen LogP contribution >= 0.6 is 0 Å². The van der Waals surface area contributed by atoms with Crippen LogP contribution in [-0.4, -0.2) is 56.1 Å². The van der Waals surface area contributed by atoms with Gasteiger partial charge in [0.2, 0.25) is 10.0 Å². The van der Waals surface area contributed by atoms with E-state index >= 15 is 0 Å². The van der Waals surface area contributed by atoms with Crippen LogP contribution in [0.5, 0.6) is 0 Å². The average molecular weight is 462 g/mol. The summed E-state index contributed by atoms with van der Waals surface area (Å²) < 4.78 is 85.4. The molecule has 1 amide bonds. The maximum Gasteiger partial charge on any atom is 0.255 e. The number of sulfonamides is 1. The number of nitrogens with one attached hydrogen (secondary N) is 1. The van der Waals surface area contributed by atoms with E-state index < -0.39 is 56.7 Å². The number of anilines is 1. The second-order valence-corrected chi connectivity index (χ2v) is 8.66. The lowest BCUT2D eigenvalue weighted by Crippen LogP contribution is -2.38. The van der Waals surface area contributed by atoms with Gasteiger partial charge in [0.1, 0.15) is 6.67 Å². The minimum atomic E-state index is -4.31. The van der Waals surface area contributed by atoms with Crippen LogP contribution in [0.3, 0.4) is 0 Å². The van der Waals surface area contributed by atoms with E-state index in [-0.39, 0.29) is 37.4 Å². The van der Waals surface area contributed by atoms with Crippen molar-refractivity contribution in [3.8, 4) is 0 Å². The molecule has 168 valence electrons. The molecule has 3 rings (SSSR count). The summed E-state index contributed by atoms with van der Waals surface area (Å²) in [7, 11) is -4.31. The highest BCUT2D eigenvalue weighted by Crippen LogP contribution is 2.25. The van der Waals surface area contributed by atoms with Gasteiger partial charge >= 0.3 is 0 Å². The summed E-state index contributed by atoms with van der Waals surface area (Å²) in [5.41, 5.74) is -0.851. The van der Waals surface area contributed by atoms with Crippen LogP contribution in [-0.2, 0) is 21.4 Å². The molecule has 0 bridgehead atoms. The molecule has 1 heterocycles. The lowest BCUT2D eigenvalue weighted by atomic mass is 10.1. The van der Waals surface area contributed by atoms with Gasteiger partial charge < -0.3 is 15.2 Å². The Morgan fingerprint density at radius 1 is 1.19 bits per heavy atom. The molecule has 1 unspecified atom stereocenters. The van der Waals surface area contributed by atoms with Gasteiger partial charge in [-0.2, -0.15) is 4.31 Å². The first-order valence-electron chi connectivity index (χ1n) is 9.04. The Labute approximate surface area is 175 Å². The van der Waals surface area contributed by atoms with E-state index in [4.69, 9.17) is 4.74 Å². The van der Waals surface area contributed by atoms with Crippen LogP contribution in [0.2, 0.25) is 0 Å². The Hall–Kier alpha value is -2.54. The molecule has 2 aromatic carbocycles. The SMILES string of the molecule is O=C(Nc1cc(F)c(F)c(F)c1)c1ccc(CF)c(S(=O)(=O)N2CCOCC(O)C2)c1. The van der Waals surface area contributed by atoms with Crippen molar-refractivity contribution in [3.63, 3.8) is 0 Å². The Morgan fingerprint density at radius 3 is 2.52 bits per heavy atom. The van der Waals surface area contributed by atoms with Crippen LogP contribution in [0.15, 0.2) is 35.2 Å². The van der Waals surface area contributed by atoms with E-state index in [9.17, 15) is 35.9 Å². The second-order valence-electron chi connectivity index (χ2n) is 6.76. The first-order valence-corrected chi connectivity index (χ1v) is 10.5. The summed E-state index contributed by atoms with van der Waals surface area (Å²) >= 11 is 0. The molecule has 2 aromatic rings. The van der Waals surface area contributed by atoms with Crippen LogP contribution in [0.1, 0.15) is 15.9 Å². The number of halogens is 4. The normalized spacial score (nSPS) is 17.9. The summed E-state index contributed by atoms with van der Waals surface area (Å²) in [5.74, 6) is -5.70. The van der Waals surface area contributed by atoms with E-state index in [1.165, 1.54) is 0 Å². The van der Waals surface area contributed by atoms with Gasteiger partial charge in [0.05, 0.1) is 24.2 Å². The number of aliphatic hydroxyl groups excluding tert-OH is 1. The van der Waals surface area contributed by atoms with Gasteiger partial charge in [-0.3, -0.25) is 4.79 Å². The summed E-state index contributed by atoms with van der Waals surface area (Å²) in [5, 5.41) is 11.9. The van der Waals surface area contributed by atoms with Crippen molar-refractivity contribution >= 4 is 21.6 Å². The maximum atomic E-state index is 13.5. The number of hydrogen-bond acceptors (Lipinski definition) is 5. The molecular weight excluding hydrogens is 444 g/mol. The van der Waals surface area contributed by atoms with Gasteiger partial charge in [0.15, 0.2) is 17.5 Å². The maximum absolute atomic E-state index is 13.5. The van der Waals surface area contributed by atoms with E-state index in [1.807, 2.05) is 0 Å². The van der Waals surface area contributed by atoms with Crippen molar-refractivity contribution in [3.05, 3.63) is 58.9 Å². The number of carbonyl (C=O) groups excluding carboxylic acids is 1. The number of aliphatic hydroxyl groups is 1. The third kappa shape index (κ3) is 5.03. The lowest BCUT2D eigenvalue weighted by molar-refractivity contribution is 0.0583. The predicted octanol–water partition coefficient (Wildman–Crippen LogP) is 2.21. The number of β-amino-alcohol motifs (C(OH)–C–C–N with tert-alkyl or cyclic N) is 1. The van der Waals surface area contributed by atoms with Crippen molar-refractivity contribution < 1.29 is 40.6 Å². The smallest absolute Gasteiger partial charge is 0.255 e. The number of benzene rings is 2. The van der Waals surface area contributed by atoms with Crippen molar-refractivity contribution in [1.82, 2.24) is 4.31 Å². The van der Waals surface area contributed by atoms with Crippen molar-refractivity contribution in [2.45, 2.75) is 17.7 Å². The third-order valence-electron chi connectivity index (χ3n) is 4.54. The average Bonchev–Trinajstić information content (AvgIpc) is 2.96. The van der Waals surface area contributed by atoms with Crippen molar-refractivity contribution in [2.24, 2.45) is 0 Å². The quantitative estimate of drug-likeness (QED) is 0.525. The molecule has 0 saturated carbocycles. The zero-order valence-electron chi connectivity index (χ0n) is 15.9. The number of hydrogen-bond donors (Lipinski definition) is 2. The Balaban J connectivity index is 1.93. The molecule has 7 nitrogen and oxygen atoms in total. The van der Waals surface area contributed by atoms with Crippen LogP contribution in [0.4, 0.5) is 23.2 Å². The standard InChI is InChI=1S/C19H18F4N2O5S/c20-8-12-2-1-11(19(27)24-13-6-15(21)18(23)16(22)7-13)5-17(12)31(28,29)25-3-4-30-10-14(26)9-25/h1-2,5-7,14,26H,3-4,8-10H2,(H,24,27). The highest BCUT2D eigenvalue weighted by molar-refractivity contribution is 7.89. The van der Waals surface area contributed by atoms with Gasteiger partial charge in [-0.25, -0.2) is 26.0 Å². The third-order valence-corrected chi connectivity index (χ3v) is 6.49. The minimum Gasteiger partial charge on any atom is -0.389 e. The van der Waals surface area contributed by atoms with Gasteiger partial charge in [-0.1, -0.05) is 6.07 Å². The number of nitrogens with zero attached hydrogens (tertiary/aromatic N) is 1. The molecule has 12 heteroatoms. The van der Waals surface area contributed by atoms with Crippen molar-refractivity contribution in [2.75, 3.05) is 31.6 Å². The van der Waals surface area contributed by atoms with Gasteiger partial charge in [0, 0.05) is 42.0 Å². The summed E-state index contributed by atoms with van der Waals surface area (Å²) in [6, 6.07) is 4.28. The van der Waals surface area contributed by atoms with Gasteiger partial charge in [-0.15, -0.1) is 0 Å². The fourth-order valence-corrected chi connectivity index (χ4v) is 4.69. The minimum absolute atomic E-state index is 0.0170. The Morgan fingerprint density at radius 2 is 1.87 bits per heavy atom. The molecule has 1 fully saturated rings. The molecule has 1 atom stereocenters. The molecule has 1 saturated heterocycles. The van der Waals surface area contributed by atoms with E-state index in [0.29, 0.717) is 12.1 Å². The van der Waals surface area contributed by atoms with E-state index in [1.54, 1.807) is 0 Å². The molecule has 1 aliphatic heterocycles. The molecule has 1 aliphatic rings. The largest absolute Gasteiger partial charge is 0.389 e. The summed E-state index contributed by atoms with van der Waals surface area (Å²) in [6.07, 6.45) is -1.08. The number of rotatable bonds is 5. The van der Waals surface area contributed by atoms with Crippen LogP contribution in [0.25, 0.3) is 0 Å². The topological polar surface area (TPSA) is 95.9 Å². The fourth-order valence-electron chi connectivity index (χ4n) is 3.00.